The predicted octanol–water partition coefficient (Wildman–Crippen LogP) is 0.196. The molecule has 2 rings (SSSR count). The zero-order valence-electron chi connectivity index (χ0n) is 9.63. The van der Waals surface area contributed by atoms with E-state index >= 15 is 0 Å². The van der Waals surface area contributed by atoms with Crippen LogP contribution in [0.1, 0.15) is 23.7 Å². The Morgan fingerprint density at radius 3 is 3.18 bits per heavy atom. The third-order valence-electron chi connectivity index (χ3n) is 2.62. The molecule has 1 unspecified atom stereocenters. The number of carbonyl (C=O) groups excluding carboxylic acids is 1. The highest BCUT2D eigenvalue weighted by Gasteiger charge is 2.12. The predicted molar refractivity (Wildman–Crippen MR) is 63.6 cm³/mol. The van der Waals surface area contributed by atoms with Gasteiger partial charge in [0.05, 0.1) is 23.5 Å². The number of amides is 1. The fourth-order valence-corrected chi connectivity index (χ4v) is 1.47. The lowest BCUT2D eigenvalue weighted by atomic mass is 10.2. The maximum absolute atomic E-state index is 11.9. The van der Waals surface area contributed by atoms with Gasteiger partial charge in [0.25, 0.3) is 5.91 Å². The molecule has 90 valence electrons. The minimum Gasteiger partial charge on any atom is -0.350 e. The normalized spacial score (nSPS) is 12.6. The molecule has 0 aliphatic rings. The van der Waals surface area contributed by atoms with Crippen LogP contribution in [0.5, 0.6) is 0 Å². The first-order valence-corrected chi connectivity index (χ1v) is 5.53. The van der Waals surface area contributed by atoms with Gasteiger partial charge in [-0.2, -0.15) is 5.10 Å². The van der Waals surface area contributed by atoms with Crippen LogP contribution in [0.4, 0.5) is 0 Å². The Labute approximate surface area is 98.8 Å². The molecule has 0 bridgehead atoms. The molecule has 0 spiro atoms. The first kappa shape index (κ1) is 11.5. The van der Waals surface area contributed by atoms with Crippen molar-refractivity contribution in [1.82, 2.24) is 19.9 Å². The number of nitrogens with zero attached hydrogens (tertiary/aromatic N) is 3. The number of carbonyl (C=O) groups is 1. The van der Waals surface area contributed by atoms with Crippen LogP contribution in [-0.4, -0.2) is 33.1 Å². The van der Waals surface area contributed by atoms with Gasteiger partial charge in [-0.1, -0.05) is 6.92 Å². The molecule has 1 amide bonds. The van der Waals surface area contributed by atoms with Gasteiger partial charge in [0.1, 0.15) is 0 Å². The standard InChI is InChI=1S/C11H15N5O/c1-2-8(12)5-14-11(17)9-6-15-16-4-3-13-7-10(9)16/h3-4,6-8H,2,5,12H2,1H3,(H,14,17). The Balaban J connectivity index is 2.14. The van der Waals surface area contributed by atoms with Crippen LogP contribution >= 0.6 is 0 Å². The number of hydrogen-bond acceptors (Lipinski definition) is 4. The molecule has 0 aromatic carbocycles. The summed E-state index contributed by atoms with van der Waals surface area (Å²) in [4.78, 5) is 15.9. The SMILES string of the molecule is CCC(N)CNC(=O)c1cnn2ccncc12. The molecular formula is C11H15N5O. The Bertz CT molecular complexity index is 521. The number of aromatic nitrogens is 3. The Morgan fingerprint density at radius 2 is 2.41 bits per heavy atom. The van der Waals surface area contributed by atoms with Gasteiger partial charge in [-0.25, -0.2) is 4.52 Å². The number of nitrogens with two attached hydrogens (primary N) is 1. The smallest absolute Gasteiger partial charge is 0.255 e. The maximum Gasteiger partial charge on any atom is 0.255 e. The monoisotopic (exact) mass is 233 g/mol. The third-order valence-corrected chi connectivity index (χ3v) is 2.62. The van der Waals surface area contributed by atoms with Crippen LogP contribution < -0.4 is 11.1 Å². The summed E-state index contributed by atoms with van der Waals surface area (Å²) in [6.07, 6.45) is 7.29. The van der Waals surface area contributed by atoms with E-state index in [1.807, 2.05) is 6.92 Å². The lowest BCUT2D eigenvalue weighted by molar-refractivity contribution is 0.0952. The molecule has 3 N–H and O–H groups in total. The van der Waals surface area contributed by atoms with Crippen molar-refractivity contribution >= 4 is 11.4 Å². The minimum atomic E-state index is -0.170. The molecule has 0 fully saturated rings. The molecule has 0 radical (unpaired) electrons. The summed E-state index contributed by atoms with van der Waals surface area (Å²) in [6, 6.07) is -0.0149. The average Bonchev–Trinajstić information content (AvgIpc) is 2.79. The van der Waals surface area contributed by atoms with E-state index in [0.717, 1.165) is 6.42 Å². The van der Waals surface area contributed by atoms with E-state index in [1.54, 1.807) is 23.1 Å². The number of fused-ring (bicyclic) bond motifs is 1. The first-order valence-electron chi connectivity index (χ1n) is 5.53. The van der Waals surface area contributed by atoms with Gasteiger partial charge in [-0.15, -0.1) is 0 Å². The van der Waals surface area contributed by atoms with Crippen LogP contribution in [0.25, 0.3) is 5.52 Å². The van der Waals surface area contributed by atoms with E-state index < -0.39 is 0 Å². The fraction of sp³-hybridized carbons (Fsp3) is 0.364. The van der Waals surface area contributed by atoms with E-state index in [-0.39, 0.29) is 11.9 Å². The Kier molecular flexibility index (Phi) is 3.34. The molecular weight excluding hydrogens is 218 g/mol. The lowest BCUT2D eigenvalue weighted by Gasteiger charge is -2.09. The van der Waals surface area contributed by atoms with Crippen molar-refractivity contribution in [2.45, 2.75) is 19.4 Å². The quantitative estimate of drug-likeness (QED) is 0.789. The highest BCUT2D eigenvalue weighted by Crippen LogP contribution is 2.07. The van der Waals surface area contributed by atoms with Gasteiger partial charge in [0, 0.05) is 25.0 Å². The zero-order chi connectivity index (χ0) is 12.3. The highest BCUT2D eigenvalue weighted by atomic mass is 16.1. The number of hydrogen-bond donors (Lipinski definition) is 2. The summed E-state index contributed by atoms with van der Waals surface area (Å²) >= 11 is 0. The van der Waals surface area contributed by atoms with E-state index in [1.165, 1.54) is 6.20 Å². The minimum absolute atomic E-state index is 0.0149. The second kappa shape index (κ2) is 4.92. The molecule has 2 aromatic heterocycles. The van der Waals surface area contributed by atoms with Crippen LogP contribution in [0.2, 0.25) is 0 Å². The summed E-state index contributed by atoms with van der Waals surface area (Å²) in [7, 11) is 0. The molecule has 0 saturated heterocycles. The van der Waals surface area contributed by atoms with Crippen LogP contribution in [0.3, 0.4) is 0 Å². The van der Waals surface area contributed by atoms with Crippen molar-refractivity contribution < 1.29 is 4.79 Å². The van der Waals surface area contributed by atoms with Crippen LogP contribution in [0.15, 0.2) is 24.8 Å². The van der Waals surface area contributed by atoms with Gasteiger partial charge in [0.15, 0.2) is 0 Å². The average molecular weight is 233 g/mol. The molecule has 0 aliphatic carbocycles. The summed E-state index contributed by atoms with van der Waals surface area (Å²) < 4.78 is 1.61. The summed E-state index contributed by atoms with van der Waals surface area (Å²) in [6.45, 7) is 2.45. The van der Waals surface area contributed by atoms with E-state index in [4.69, 9.17) is 5.73 Å². The van der Waals surface area contributed by atoms with Crippen molar-refractivity contribution in [3.8, 4) is 0 Å². The fourth-order valence-electron chi connectivity index (χ4n) is 1.47. The maximum atomic E-state index is 11.9. The molecule has 6 heteroatoms. The summed E-state index contributed by atoms with van der Waals surface area (Å²) in [5.74, 6) is -0.170. The first-order chi connectivity index (χ1) is 8.22. The molecule has 2 aromatic rings. The molecule has 0 saturated carbocycles. The molecule has 6 nitrogen and oxygen atoms in total. The summed E-state index contributed by atoms with van der Waals surface area (Å²) in [5.41, 5.74) is 6.94. The Hall–Kier alpha value is -1.95. The van der Waals surface area contributed by atoms with Crippen molar-refractivity contribution in [1.29, 1.82) is 0 Å². The topological polar surface area (TPSA) is 85.3 Å². The highest BCUT2D eigenvalue weighted by molar-refractivity contribution is 6.00. The van der Waals surface area contributed by atoms with Crippen molar-refractivity contribution in [3.63, 3.8) is 0 Å². The third kappa shape index (κ3) is 2.42. The van der Waals surface area contributed by atoms with Crippen LogP contribution in [-0.2, 0) is 0 Å². The van der Waals surface area contributed by atoms with Crippen molar-refractivity contribution in [2.75, 3.05) is 6.54 Å². The van der Waals surface area contributed by atoms with Gasteiger partial charge in [0.2, 0.25) is 0 Å². The van der Waals surface area contributed by atoms with E-state index in [9.17, 15) is 4.79 Å². The van der Waals surface area contributed by atoms with Crippen LogP contribution in [0, 0.1) is 0 Å². The number of rotatable bonds is 4. The van der Waals surface area contributed by atoms with Gasteiger partial charge in [-0.3, -0.25) is 9.78 Å². The second-order valence-electron chi connectivity index (χ2n) is 3.84. The largest absolute Gasteiger partial charge is 0.350 e. The van der Waals surface area contributed by atoms with Crippen molar-refractivity contribution in [3.05, 3.63) is 30.4 Å². The summed E-state index contributed by atoms with van der Waals surface area (Å²) in [5, 5.41) is 6.85. The lowest BCUT2D eigenvalue weighted by Crippen LogP contribution is -2.36. The van der Waals surface area contributed by atoms with Crippen molar-refractivity contribution in [2.24, 2.45) is 5.73 Å². The number of nitrogens with one attached hydrogen (secondary N) is 1. The van der Waals surface area contributed by atoms with Gasteiger partial charge >= 0.3 is 0 Å². The second-order valence-corrected chi connectivity index (χ2v) is 3.84. The molecule has 2 heterocycles. The van der Waals surface area contributed by atoms with Gasteiger partial charge in [-0.05, 0) is 6.42 Å². The molecule has 1 atom stereocenters. The van der Waals surface area contributed by atoms with E-state index in [0.29, 0.717) is 17.6 Å². The zero-order valence-corrected chi connectivity index (χ0v) is 9.63. The molecule has 0 aliphatic heterocycles. The van der Waals surface area contributed by atoms with E-state index in [2.05, 4.69) is 15.4 Å². The Morgan fingerprint density at radius 1 is 1.59 bits per heavy atom. The molecule has 17 heavy (non-hydrogen) atoms. The van der Waals surface area contributed by atoms with Gasteiger partial charge < -0.3 is 11.1 Å².